The molecule has 0 bridgehead atoms. The van der Waals surface area contributed by atoms with Crippen LogP contribution in [0.15, 0.2) is 0 Å². The molecular weight excluding hydrogens is 700 g/mol. The third kappa shape index (κ3) is 8.20. The predicted molar refractivity (Wildman–Crippen MR) is 197 cm³/mol. The second-order valence-electron chi connectivity index (χ2n) is 18.9. The molecule has 6 fully saturated rings. The van der Waals surface area contributed by atoms with Gasteiger partial charge in [0.05, 0.1) is 38.6 Å². The van der Waals surface area contributed by atoms with Gasteiger partial charge in [-0.1, -0.05) is 53.9 Å². The first-order valence-electron chi connectivity index (χ1n) is 21.1. The number of ether oxygens (including phenoxy) is 5. The normalized spacial score (nSPS) is 50.0. The number of rotatable bonds is 14. The van der Waals surface area contributed by atoms with Crippen LogP contribution in [0.1, 0.15) is 105 Å². The molecule has 54 heavy (non-hydrogen) atoms. The van der Waals surface area contributed by atoms with Crippen LogP contribution < -0.4 is 0 Å². The Bertz CT molecular complexity index is 1190. The topological polar surface area (TPSA) is 208 Å². The fraction of sp³-hybridized carbons (Fsp3) is 1.00. The van der Waals surface area contributed by atoms with Crippen molar-refractivity contribution in [1.29, 1.82) is 0 Å². The van der Waals surface area contributed by atoms with Crippen LogP contribution in [0.4, 0.5) is 0 Å². The van der Waals surface area contributed by atoms with Crippen molar-refractivity contribution in [3.05, 3.63) is 0 Å². The van der Waals surface area contributed by atoms with Crippen molar-refractivity contribution in [2.24, 2.45) is 52.3 Å². The Kier molecular flexibility index (Phi) is 14.2. The Morgan fingerprint density at radius 3 is 2.07 bits per heavy atom. The minimum absolute atomic E-state index is 0.0177. The first-order chi connectivity index (χ1) is 25.6. The van der Waals surface area contributed by atoms with Crippen LogP contribution >= 0.6 is 0 Å². The summed E-state index contributed by atoms with van der Waals surface area (Å²) in [6.45, 7) is 11.1. The van der Waals surface area contributed by atoms with Crippen LogP contribution in [-0.4, -0.2) is 141 Å². The number of fused-ring (bicyclic) bond motifs is 5. The lowest BCUT2D eigenvalue weighted by Gasteiger charge is -2.63. The van der Waals surface area contributed by atoms with Gasteiger partial charge in [-0.05, 0) is 104 Å². The largest absolute Gasteiger partial charge is 0.394 e. The Morgan fingerprint density at radius 2 is 1.37 bits per heavy atom. The summed E-state index contributed by atoms with van der Waals surface area (Å²) < 4.78 is 29.9. The third-order valence-corrected chi connectivity index (χ3v) is 15.6. The molecule has 8 N–H and O–H groups in total. The van der Waals surface area contributed by atoms with Gasteiger partial charge >= 0.3 is 0 Å². The van der Waals surface area contributed by atoms with E-state index in [9.17, 15) is 40.9 Å². The van der Waals surface area contributed by atoms with Gasteiger partial charge < -0.3 is 64.5 Å². The standard InChI is InChI=1S/C41H72O13/c1-21(2)7-6-8-22(3)26-11-12-27-25-10-9-23-17-24(44)13-14-40(23,4)28(25)18-31(41(26,27)5)50-15-16-51-38-36(49)34(47)37(30(20-43)53-38)54-39-35(48)33(46)32(45)29(19-42)52-39/h21-39,42-49H,6-20H2,1-5H3/t22-,23-,24-,25+,26-,27+,28+,29?,30?,31+,32-,33+,34-,35?,36?,37-,38-,39-,40+,41-/m1/s1. The second-order valence-corrected chi connectivity index (χ2v) is 18.9. The summed E-state index contributed by atoms with van der Waals surface area (Å²) in [5.41, 5.74) is 0.204. The molecule has 4 saturated carbocycles. The molecule has 0 spiro atoms. The average Bonchev–Trinajstić information content (AvgIpc) is 3.51. The Labute approximate surface area is 321 Å². The molecule has 0 aromatic rings. The molecule has 2 saturated heterocycles. The molecule has 0 radical (unpaired) electrons. The van der Waals surface area contributed by atoms with Gasteiger partial charge in [0.25, 0.3) is 0 Å². The van der Waals surface area contributed by atoms with Crippen molar-refractivity contribution in [3.8, 4) is 0 Å². The molecule has 0 amide bonds. The van der Waals surface area contributed by atoms with Crippen molar-refractivity contribution in [2.75, 3.05) is 26.4 Å². The number of aliphatic hydroxyl groups excluding tert-OH is 8. The summed E-state index contributed by atoms with van der Waals surface area (Å²) >= 11 is 0. The van der Waals surface area contributed by atoms with E-state index in [4.69, 9.17) is 23.7 Å². The van der Waals surface area contributed by atoms with E-state index >= 15 is 0 Å². The minimum atomic E-state index is -1.73. The van der Waals surface area contributed by atoms with E-state index in [0.29, 0.717) is 41.4 Å². The van der Waals surface area contributed by atoms with Crippen LogP contribution in [0.3, 0.4) is 0 Å². The van der Waals surface area contributed by atoms with Gasteiger partial charge in [0.2, 0.25) is 0 Å². The molecule has 0 aromatic carbocycles. The summed E-state index contributed by atoms with van der Waals surface area (Å²) in [4.78, 5) is 0. The highest BCUT2D eigenvalue weighted by Crippen LogP contribution is 2.69. The second kappa shape index (κ2) is 17.8. The summed E-state index contributed by atoms with van der Waals surface area (Å²) in [5, 5.41) is 83.2. The van der Waals surface area contributed by atoms with E-state index in [-0.39, 0.29) is 36.3 Å². The average molecular weight is 773 g/mol. The lowest BCUT2D eigenvalue weighted by molar-refractivity contribution is -0.360. The maximum absolute atomic E-state index is 11.1. The van der Waals surface area contributed by atoms with Crippen LogP contribution in [0, 0.1) is 52.3 Å². The summed E-state index contributed by atoms with van der Waals surface area (Å²) in [5.74, 6) is 4.16. The van der Waals surface area contributed by atoms with Crippen molar-refractivity contribution < 1.29 is 64.5 Å². The van der Waals surface area contributed by atoms with Gasteiger partial charge in [-0.15, -0.1) is 0 Å². The van der Waals surface area contributed by atoms with Gasteiger partial charge in [0.15, 0.2) is 12.6 Å². The Morgan fingerprint density at radius 1 is 0.685 bits per heavy atom. The van der Waals surface area contributed by atoms with E-state index < -0.39 is 74.6 Å². The van der Waals surface area contributed by atoms with Crippen molar-refractivity contribution in [1.82, 2.24) is 0 Å². The molecule has 13 heteroatoms. The molecular formula is C41H72O13. The van der Waals surface area contributed by atoms with Gasteiger partial charge in [-0.3, -0.25) is 0 Å². The van der Waals surface area contributed by atoms with E-state index in [1.807, 2.05) is 0 Å². The van der Waals surface area contributed by atoms with E-state index in [2.05, 4.69) is 34.6 Å². The van der Waals surface area contributed by atoms with Gasteiger partial charge in [0, 0.05) is 0 Å². The zero-order chi connectivity index (χ0) is 39.1. The van der Waals surface area contributed by atoms with Gasteiger partial charge in [-0.2, -0.15) is 0 Å². The molecule has 4 unspecified atom stereocenters. The maximum Gasteiger partial charge on any atom is 0.187 e. The minimum Gasteiger partial charge on any atom is -0.394 e. The van der Waals surface area contributed by atoms with Crippen molar-refractivity contribution >= 4 is 0 Å². The third-order valence-electron chi connectivity index (χ3n) is 15.6. The predicted octanol–water partition coefficient (Wildman–Crippen LogP) is 2.10. The zero-order valence-electron chi connectivity index (χ0n) is 33.2. The van der Waals surface area contributed by atoms with E-state index in [0.717, 1.165) is 25.7 Å². The maximum atomic E-state index is 11.1. The van der Waals surface area contributed by atoms with Crippen LogP contribution in [0.5, 0.6) is 0 Å². The van der Waals surface area contributed by atoms with Crippen LogP contribution in [-0.2, 0) is 23.7 Å². The fourth-order valence-corrected chi connectivity index (χ4v) is 12.5. The summed E-state index contributed by atoms with van der Waals surface area (Å²) in [6, 6.07) is 0. The van der Waals surface area contributed by atoms with Crippen molar-refractivity contribution in [3.63, 3.8) is 0 Å². The summed E-state index contributed by atoms with van der Waals surface area (Å²) in [7, 11) is 0. The molecule has 2 heterocycles. The Hall–Kier alpha value is -0.520. The number of aliphatic hydroxyl groups is 8. The van der Waals surface area contributed by atoms with Gasteiger partial charge in [0.1, 0.15) is 48.8 Å². The van der Waals surface area contributed by atoms with E-state index in [1.165, 1.54) is 44.9 Å². The molecule has 2 aliphatic heterocycles. The molecule has 6 aliphatic rings. The monoisotopic (exact) mass is 772 g/mol. The lowest BCUT2D eigenvalue weighted by Crippen LogP contribution is -2.64. The molecule has 13 nitrogen and oxygen atoms in total. The first kappa shape index (κ1) is 43.1. The molecule has 20 atom stereocenters. The summed E-state index contributed by atoms with van der Waals surface area (Å²) in [6.07, 6.45) is -2.74. The highest BCUT2D eigenvalue weighted by Gasteiger charge is 2.64. The molecule has 4 aliphatic carbocycles. The van der Waals surface area contributed by atoms with Crippen molar-refractivity contribution in [2.45, 2.75) is 179 Å². The van der Waals surface area contributed by atoms with Crippen LogP contribution in [0.25, 0.3) is 0 Å². The van der Waals surface area contributed by atoms with Gasteiger partial charge in [-0.25, -0.2) is 0 Å². The molecule has 6 rings (SSSR count). The highest BCUT2D eigenvalue weighted by atomic mass is 16.7. The first-order valence-corrected chi connectivity index (χ1v) is 21.1. The molecule has 0 aromatic heterocycles. The van der Waals surface area contributed by atoms with Crippen LogP contribution in [0.2, 0.25) is 0 Å². The van der Waals surface area contributed by atoms with E-state index in [1.54, 1.807) is 0 Å². The molecule has 314 valence electrons. The zero-order valence-corrected chi connectivity index (χ0v) is 33.2. The Balaban J connectivity index is 1.11. The number of hydrogen-bond acceptors (Lipinski definition) is 13. The fourth-order valence-electron chi connectivity index (χ4n) is 12.5. The SMILES string of the molecule is CC(C)CCC[C@@H](C)[C@H]1CC[C@H]2[C@@H]3CC[C@@H]4C[C@H](O)CC[C@]4(C)[C@H]3C[C@H](OCCO[C@@H]3OC(CO)[C@@H](O[C@H]4OC(CO)[C@@H](O)[C@H](O)C4O)[C@H](O)C3O)[C@]12C. The highest BCUT2D eigenvalue weighted by molar-refractivity contribution is 5.13. The number of hydrogen-bond donors (Lipinski definition) is 8. The quantitative estimate of drug-likeness (QED) is 0.119. The lowest BCUT2D eigenvalue weighted by atomic mass is 9.43. The smallest absolute Gasteiger partial charge is 0.187 e.